The summed E-state index contributed by atoms with van der Waals surface area (Å²) in [6, 6.07) is 6.37. The minimum atomic E-state index is -1.00. The number of hydrogen-bond donors (Lipinski definition) is 2. The van der Waals surface area contributed by atoms with E-state index in [2.05, 4.69) is 37.5 Å². The van der Waals surface area contributed by atoms with Gasteiger partial charge in [-0.25, -0.2) is 14.1 Å². The lowest BCUT2D eigenvalue weighted by Crippen LogP contribution is -2.66. The molecule has 4 atom stereocenters. The third-order valence-electron chi connectivity index (χ3n) is 6.96. The lowest BCUT2D eigenvalue weighted by molar-refractivity contribution is 0.0607. The highest BCUT2D eigenvalue weighted by molar-refractivity contribution is 5.70. The number of nitrogens with zero attached hydrogens (tertiary/aromatic N) is 8. The third kappa shape index (κ3) is 3.84. The van der Waals surface area contributed by atoms with Crippen LogP contribution in [0.2, 0.25) is 0 Å². The maximum atomic E-state index is 15.2. The van der Waals surface area contributed by atoms with Gasteiger partial charge in [0.2, 0.25) is 5.82 Å². The van der Waals surface area contributed by atoms with Crippen LogP contribution in [0.3, 0.4) is 0 Å². The second-order valence-corrected chi connectivity index (χ2v) is 9.40. The number of benzene rings is 1. The summed E-state index contributed by atoms with van der Waals surface area (Å²) in [7, 11) is 3.46. The SMILES string of the molecule is CN(c1cnc(-c2ccc(-c3nc(C#N)n(C)n3)cc2O)nn1)[C@H]1C[C@]2(C)CCC[C@H](N2)[C@H]1F. The van der Waals surface area contributed by atoms with Gasteiger partial charge in [-0.1, -0.05) is 6.07 Å². The van der Waals surface area contributed by atoms with Crippen LogP contribution in [0.4, 0.5) is 10.2 Å². The summed E-state index contributed by atoms with van der Waals surface area (Å²) in [5.41, 5.74) is 0.880. The van der Waals surface area contributed by atoms with Crippen LogP contribution in [-0.2, 0) is 7.05 Å². The number of aryl methyl sites for hydroxylation is 1. The Morgan fingerprint density at radius 3 is 2.82 bits per heavy atom. The van der Waals surface area contributed by atoms with Gasteiger partial charge in [-0.15, -0.1) is 10.2 Å². The van der Waals surface area contributed by atoms with E-state index in [0.29, 0.717) is 29.2 Å². The fourth-order valence-corrected chi connectivity index (χ4v) is 5.08. The minimum Gasteiger partial charge on any atom is -0.507 e. The fourth-order valence-electron chi connectivity index (χ4n) is 5.08. The van der Waals surface area contributed by atoms with Crippen molar-refractivity contribution in [3.05, 3.63) is 30.2 Å². The Morgan fingerprint density at radius 1 is 1.32 bits per heavy atom. The fraction of sp³-hybridized carbons (Fsp3) is 0.478. The molecule has 2 saturated heterocycles. The molecular formula is C23H26FN9O. The molecule has 2 fully saturated rings. The number of anilines is 1. The van der Waals surface area contributed by atoms with Crippen LogP contribution in [0.1, 0.15) is 38.4 Å². The molecule has 0 spiro atoms. The van der Waals surface area contributed by atoms with Crippen LogP contribution in [0.25, 0.3) is 22.8 Å². The van der Waals surface area contributed by atoms with Crippen molar-refractivity contribution in [2.45, 2.75) is 56.4 Å². The zero-order valence-electron chi connectivity index (χ0n) is 19.3. The van der Waals surface area contributed by atoms with Gasteiger partial charge in [-0.3, -0.25) is 0 Å². The normalized spacial score (nSPS) is 26.1. The first-order valence-corrected chi connectivity index (χ1v) is 11.3. The molecule has 0 aliphatic carbocycles. The summed E-state index contributed by atoms with van der Waals surface area (Å²) in [5, 5.41) is 35.8. The number of hydrogen-bond acceptors (Lipinski definition) is 9. The van der Waals surface area contributed by atoms with E-state index >= 15 is 4.39 Å². The molecule has 2 aliphatic heterocycles. The van der Waals surface area contributed by atoms with Crippen molar-refractivity contribution < 1.29 is 9.50 Å². The number of rotatable bonds is 4. The monoisotopic (exact) mass is 463 g/mol. The molecule has 11 heteroatoms. The average Bonchev–Trinajstić information content (AvgIpc) is 3.22. The first-order chi connectivity index (χ1) is 16.3. The molecule has 0 amide bonds. The molecule has 1 aromatic carbocycles. The number of phenolic OH excluding ortho intramolecular Hbond substituents is 1. The van der Waals surface area contributed by atoms with Gasteiger partial charge < -0.3 is 15.3 Å². The topological polar surface area (TPSA) is 129 Å². The van der Waals surface area contributed by atoms with Gasteiger partial charge in [-0.05, 0) is 44.7 Å². The maximum Gasteiger partial charge on any atom is 0.231 e. The lowest BCUT2D eigenvalue weighted by Gasteiger charge is -2.51. The highest BCUT2D eigenvalue weighted by Gasteiger charge is 2.47. The molecule has 2 aliphatic rings. The van der Waals surface area contributed by atoms with Gasteiger partial charge in [-0.2, -0.15) is 15.3 Å². The van der Waals surface area contributed by atoms with Gasteiger partial charge in [0, 0.05) is 31.2 Å². The highest BCUT2D eigenvalue weighted by atomic mass is 19.1. The van der Waals surface area contributed by atoms with Crippen LogP contribution in [0, 0.1) is 11.3 Å². The predicted octanol–water partition coefficient (Wildman–Crippen LogP) is 2.36. The molecule has 4 heterocycles. The van der Waals surface area contributed by atoms with Crippen LogP contribution in [0.5, 0.6) is 5.75 Å². The van der Waals surface area contributed by atoms with Gasteiger partial charge >= 0.3 is 0 Å². The van der Waals surface area contributed by atoms with Crippen molar-refractivity contribution >= 4 is 5.82 Å². The van der Waals surface area contributed by atoms with E-state index in [4.69, 9.17) is 5.26 Å². The van der Waals surface area contributed by atoms with Crippen molar-refractivity contribution in [1.29, 1.82) is 5.26 Å². The van der Waals surface area contributed by atoms with Crippen LogP contribution >= 0.6 is 0 Å². The molecule has 34 heavy (non-hydrogen) atoms. The number of alkyl halides is 1. The van der Waals surface area contributed by atoms with E-state index < -0.39 is 6.17 Å². The molecule has 2 N–H and O–H groups in total. The summed E-state index contributed by atoms with van der Waals surface area (Å²) < 4.78 is 16.6. The lowest BCUT2D eigenvalue weighted by atomic mass is 9.74. The summed E-state index contributed by atoms with van der Waals surface area (Å²) >= 11 is 0. The van der Waals surface area contributed by atoms with Crippen molar-refractivity contribution in [2.24, 2.45) is 7.05 Å². The van der Waals surface area contributed by atoms with E-state index in [1.54, 1.807) is 25.4 Å². The Labute approximate surface area is 196 Å². The number of halogens is 1. The van der Waals surface area contributed by atoms with Gasteiger partial charge in [0.05, 0.1) is 17.8 Å². The Kier molecular flexibility index (Phi) is 5.40. The van der Waals surface area contributed by atoms with E-state index in [1.165, 1.54) is 10.7 Å². The molecule has 0 saturated carbocycles. The predicted molar refractivity (Wildman–Crippen MR) is 123 cm³/mol. The van der Waals surface area contributed by atoms with Crippen LogP contribution in [0.15, 0.2) is 24.4 Å². The first kappa shape index (κ1) is 22.2. The molecule has 3 aromatic rings. The number of nitrogens with one attached hydrogen (secondary N) is 1. The molecular weight excluding hydrogens is 437 g/mol. The Hall–Kier alpha value is -3.65. The number of phenols is 1. The molecule has 0 radical (unpaired) electrons. The molecule has 0 unspecified atom stereocenters. The second kappa shape index (κ2) is 8.29. The van der Waals surface area contributed by atoms with Crippen molar-refractivity contribution in [2.75, 3.05) is 11.9 Å². The summed E-state index contributed by atoms with van der Waals surface area (Å²) in [6.45, 7) is 2.16. The zero-order chi connectivity index (χ0) is 24.0. The molecule has 176 valence electrons. The summed E-state index contributed by atoms with van der Waals surface area (Å²) in [4.78, 5) is 10.4. The van der Waals surface area contributed by atoms with E-state index in [1.807, 2.05) is 18.0 Å². The summed E-state index contributed by atoms with van der Waals surface area (Å²) in [6.07, 6.45) is 4.15. The number of fused-ring (bicyclic) bond motifs is 2. The quantitative estimate of drug-likeness (QED) is 0.599. The molecule has 10 nitrogen and oxygen atoms in total. The van der Waals surface area contributed by atoms with Crippen molar-refractivity contribution in [1.82, 2.24) is 35.3 Å². The van der Waals surface area contributed by atoms with E-state index in [-0.39, 0.29) is 35.0 Å². The van der Waals surface area contributed by atoms with E-state index in [9.17, 15) is 5.11 Å². The second-order valence-electron chi connectivity index (χ2n) is 9.40. The Bertz CT molecular complexity index is 1250. The van der Waals surface area contributed by atoms with E-state index in [0.717, 1.165) is 19.3 Å². The molecule has 5 rings (SSSR count). The minimum absolute atomic E-state index is 0.0608. The van der Waals surface area contributed by atoms with Crippen LogP contribution in [-0.4, -0.2) is 65.9 Å². The van der Waals surface area contributed by atoms with Gasteiger partial charge in [0.1, 0.15) is 18.0 Å². The number of aromatic hydroxyl groups is 1. The molecule has 2 aromatic heterocycles. The Morgan fingerprint density at radius 2 is 2.15 bits per heavy atom. The smallest absolute Gasteiger partial charge is 0.231 e. The zero-order valence-corrected chi connectivity index (χ0v) is 19.3. The highest BCUT2D eigenvalue weighted by Crippen LogP contribution is 2.38. The molecule has 2 bridgehead atoms. The average molecular weight is 464 g/mol. The largest absolute Gasteiger partial charge is 0.507 e. The van der Waals surface area contributed by atoms with Crippen LogP contribution < -0.4 is 10.2 Å². The first-order valence-electron chi connectivity index (χ1n) is 11.3. The Balaban J connectivity index is 1.36. The van der Waals surface area contributed by atoms with Crippen molar-refractivity contribution in [3.63, 3.8) is 0 Å². The summed E-state index contributed by atoms with van der Waals surface area (Å²) in [5.74, 6) is 1.18. The standard InChI is InChI=1S/C23H26FN9O/c1-23-8-4-5-15(28-23)20(24)16(10-23)32(2)19-12-26-22(30-29-19)14-7-6-13(9-17(14)34)21-27-18(11-25)33(3)31-21/h6-7,9,12,15-16,20,28,34H,4-5,8,10H2,1-3H3/t15-,16-,20+,23-/m0/s1. The van der Waals surface area contributed by atoms with Gasteiger partial charge in [0.25, 0.3) is 0 Å². The van der Waals surface area contributed by atoms with Crippen molar-refractivity contribution in [3.8, 4) is 34.6 Å². The van der Waals surface area contributed by atoms with Gasteiger partial charge in [0.15, 0.2) is 17.5 Å². The number of piperidine rings is 2. The number of nitriles is 1. The number of aromatic nitrogens is 6. The third-order valence-corrected chi connectivity index (χ3v) is 6.96. The maximum absolute atomic E-state index is 15.2.